The zero-order chi connectivity index (χ0) is 21.7. The molecule has 1 fully saturated rings. The topological polar surface area (TPSA) is 97.0 Å². The fourth-order valence-corrected chi connectivity index (χ4v) is 3.88. The molecule has 0 saturated carbocycles. The lowest BCUT2D eigenvalue weighted by Crippen LogP contribution is -2.50. The molecule has 0 aliphatic carbocycles. The molecule has 2 aromatic carbocycles. The molecule has 31 heavy (non-hydrogen) atoms. The van der Waals surface area contributed by atoms with Crippen LogP contribution in [0.4, 0.5) is 4.39 Å². The van der Waals surface area contributed by atoms with Crippen LogP contribution >= 0.6 is 24.0 Å². The molecule has 1 aliphatic rings. The Labute approximate surface area is 199 Å². The number of aliphatic imine (C=N–C) groups is 1. The summed E-state index contributed by atoms with van der Waals surface area (Å²) in [6.45, 7) is 6.35. The third-order valence-electron chi connectivity index (χ3n) is 4.80. The first-order valence-electron chi connectivity index (χ1n) is 9.82. The van der Waals surface area contributed by atoms with E-state index in [4.69, 9.17) is 14.9 Å². The number of morpholine rings is 1. The molecule has 0 aromatic heterocycles. The number of rotatable bonds is 5. The second-order valence-electron chi connectivity index (χ2n) is 7.25. The van der Waals surface area contributed by atoms with Gasteiger partial charge in [-0.25, -0.2) is 22.9 Å². The van der Waals surface area contributed by atoms with Crippen LogP contribution in [0.2, 0.25) is 0 Å². The summed E-state index contributed by atoms with van der Waals surface area (Å²) in [5.74, 6) is 0.470. The number of nitrogens with one attached hydrogen (secondary N) is 1. The monoisotopic (exact) mass is 562 g/mol. The molecule has 0 amide bonds. The number of hydrogen-bond acceptors (Lipinski definition) is 4. The lowest BCUT2D eigenvalue weighted by molar-refractivity contribution is -0.0605. The first-order valence-corrected chi connectivity index (χ1v) is 11.4. The highest BCUT2D eigenvalue weighted by molar-refractivity contribution is 14.0. The molecule has 0 spiro atoms. The minimum absolute atomic E-state index is 0. The molecule has 2 atom stereocenters. The van der Waals surface area contributed by atoms with Crippen LogP contribution in [0.25, 0.3) is 0 Å². The molecule has 10 heteroatoms. The Morgan fingerprint density at radius 2 is 1.84 bits per heavy atom. The van der Waals surface area contributed by atoms with Crippen LogP contribution in [0.5, 0.6) is 0 Å². The summed E-state index contributed by atoms with van der Waals surface area (Å²) in [7, 11) is -3.71. The molecular weight excluding hydrogens is 534 g/mol. The molecule has 3 rings (SSSR count). The fourth-order valence-electron chi connectivity index (χ4n) is 3.36. The Balaban J connectivity index is 0.00000341. The molecule has 2 aromatic rings. The number of benzene rings is 2. The Bertz CT molecular complexity index is 985. The maximum absolute atomic E-state index is 13.3. The van der Waals surface area contributed by atoms with Crippen molar-refractivity contribution in [3.8, 4) is 0 Å². The van der Waals surface area contributed by atoms with Gasteiger partial charge in [0, 0.05) is 13.1 Å². The summed E-state index contributed by atoms with van der Waals surface area (Å²) in [5.41, 5.74) is 1.79. The van der Waals surface area contributed by atoms with Crippen LogP contribution in [0, 0.1) is 5.82 Å². The first-order chi connectivity index (χ1) is 14.3. The Hall–Kier alpha value is -1.76. The van der Waals surface area contributed by atoms with E-state index in [9.17, 15) is 12.8 Å². The van der Waals surface area contributed by atoms with Crippen molar-refractivity contribution in [2.45, 2.75) is 37.5 Å². The molecule has 170 valence electrons. The SMILES string of the molecule is CCNC(=NCc1ccc(S(N)(=O)=O)cc1)N1CC(C)OC(c2ccc(F)cc2)C1.I. The van der Waals surface area contributed by atoms with Gasteiger partial charge in [0.05, 0.1) is 24.1 Å². The van der Waals surface area contributed by atoms with Crippen molar-refractivity contribution in [2.24, 2.45) is 10.1 Å². The van der Waals surface area contributed by atoms with Gasteiger partial charge in [-0.05, 0) is 49.2 Å². The van der Waals surface area contributed by atoms with Crippen LogP contribution in [0.1, 0.15) is 31.1 Å². The van der Waals surface area contributed by atoms with Crippen molar-refractivity contribution in [1.82, 2.24) is 10.2 Å². The third-order valence-corrected chi connectivity index (χ3v) is 5.73. The Morgan fingerprint density at radius 1 is 1.19 bits per heavy atom. The standard InChI is InChI=1S/C21H27FN4O3S.HI/c1-3-24-21(25-12-16-4-10-19(11-5-16)30(23,27)28)26-13-15(2)29-20(14-26)17-6-8-18(22)9-7-17;/h4-11,15,20H,3,12-14H2,1-2H3,(H,24,25)(H2,23,27,28);1H. The Kier molecular flexibility index (Phi) is 9.22. The highest BCUT2D eigenvalue weighted by Gasteiger charge is 2.28. The molecule has 0 bridgehead atoms. The maximum atomic E-state index is 13.3. The largest absolute Gasteiger partial charge is 0.367 e. The average Bonchev–Trinajstić information content (AvgIpc) is 2.71. The van der Waals surface area contributed by atoms with Crippen molar-refractivity contribution < 1.29 is 17.5 Å². The van der Waals surface area contributed by atoms with Crippen molar-refractivity contribution in [3.05, 3.63) is 65.5 Å². The zero-order valence-corrected chi connectivity index (χ0v) is 20.6. The Morgan fingerprint density at radius 3 is 2.42 bits per heavy atom. The van der Waals surface area contributed by atoms with Gasteiger partial charge in [0.2, 0.25) is 10.0 Å². The van der Waals surface area contributed by atoms with Crippen molar-refractivity contribution in [3.63, 3.8) is 0 Å². The molecule has 3 N–H and O–H groups in total. The summed E-state index contributed by atoms with van der Waals surface area (Å²) >= 11 is 0. The quantitative estimate of drug-likeness (QED) is 0.332. The molecule has 1 aliphatic heterocycles. The predicted octanol–water partition coefficient (Wildman–Crippen LogP) is 3.02. The highest BCUT2D eigenvalue weighted by atomic mass is 127. The van der Waals surface area contributed by atoms with Crippen molar-refractivity contribution in [1.29, 1.82) is 0 Å². The first kappa shape index (κ1) is 25.5. The van der Waals surface area contributed by atoms with Gasteiger partial charge in [-0.1, -0.05) is 24.3 Å². The van der Waals surface area contributed by atoms with E-state index in [-0.39, 0.29) is 46.9 Å². The second kappa shape index (κ2) is 11.2. The zero-order valence-electron chi connectivity index (χ0n) is 17.5. The van der Waals surface area contributed by atoms with Gasteiger partial charge in [0.1, 0.15) is 11.9 Å². The van der Waals surface area contributed by atoms with Crippen LogP contribution in [0.3, 0.4) is 0 Å². The van der Waals surface area contributed by atoms with Crippen molar-refractivity contribution >= 4 is 40.0 Å². The minimum Gasteiger partial charge on any atom is -0.367 e. The van der Waals surface area contributed by atoms with Crippen LogP contribution < -0.4 is 10.5 Å². The van der Waals surface area contributed by atoms with Gasteiger partial charge < -0.3 is 15.0 Å². The normalized spacial score (nSPS) is 19.6. The lowest BCUT2D eigenvalue weighted by Gasteiger charge is -2.38. The van der Waals surface area contributed by atoms with Gasteiger partial charge in [-0.2, -0.15) is 0 Å². The minimum atomic E-state index is -3.71. The smallest absolute Gasteiger partial charge is 0.238 e. The van der Waals surface area contributed by atoms with Gasteiger partial charge in [-0.3, -0.25) is 0 Å². The van der Waals surface area contributed by atoms with Gasteiger partial charge in [-0.15, -0.1) is 24.0 Å². The fraction of sp³-hybridized carbons (Fsp3) is 0.381. The summed E-state index contributed by atoms with van der Waals surface area (Å²) < 4.78 is 42.1. The average molecular weight is 562 g/mol. The highest BCUT2D eigenvalue weighted by Crippen LogP contribution is 2.25. The van der Waals surface area contributed by atoms with E-state index in [1.54, 1.807) is 24.3 Å². The van der Waals surface area contributed by atoms with Gasteiger partial charge in [0.15, 0.2) is 5.96 Å². The molecule has 7 nitrogen and oxygen atoms in total. The van der Waals surface area contributed by atoms with E-state index >= 15 is 0 Å². The summed E-state index contributed by atoms with van der Waals surface area (Å²) in [6.07, 6.45) is -0.209. The van der Waals surface area contributed by atoms with E-state index in [1.807, 2.05) is 13.8 Å². The third kappa shape index (κ3) is 7.13. The number of halogens is 2. The summed E-state index contributed by atoms with van der Waals surface area (Å²) in [5, 5.41) is 8.45. The number of hydrogen-bond donors (Lipinski definition) is 2. The number of nitrogens with two attached hydrogens (primary N) is 1. The molecule has 1 heterocycles. The molecular formula is C21H28FIN4O3S. The predicted molar refractivity (Wildman–Crippen MR) is 129 cm³/mol. The van der Waals surface area contributed by atoms with Crippen LogP contribution in [-0.2, 0) is 21.3 Å². The molecule has 0 radical (unpaired) electrons. The van der Waals surface area contributed by atoms with E-state index < -0.39 is 10.0 Å². The number of primary sulfonamides is 1. The maximum Gasteiger partial charge on any atom is 0.238 e. The van der Waals surface area contributed by atoms with Crippen LogP contribution in [0.15, 0.2) is 58.4 Å². The number of ether oxygens (including phenoxy) is 1. The van der Waals surface area contributed by atoms with E-state index in [0.29, 0.717) is 26.2 Å². The summed E-state index contributed by atoms with van der Waals surface area (Å²) in [4.78, 5) is 6.92. The summed E-state index contributed by atoms with van der Waals surface area (Å²) in [6, 6.07) is 12.7. The van der Waals surface area contributed by atoms with E-state index in [2.05, 4.69) is 10.2 Å². The van der Waals surface area contributed by atoms with Crippen LogP contribution in [-0.4, -0.2) is 45.0 Å². The second-order valence-corrected chi connectivity index (χ2v) is 8.81. The lowest BCUT2D eigenvalue weighted by atomic mass is 10.1. The van der Waals surface area contributed by atoms with Gasteiger partial charge in [0.25, 0.3) is 0 Å². The number of sulfonamides is 1. The van der Waals surface area contributed by atoms with E-state index in [1.165, 1.54) is 24.3 Å². The van der Waals surface area contributed by atoms with Gasteiger partial charge >= 0.3 is 0 Å². The van der Waals surface area contributed by atoms with E-state index in [0.717, 1.165) is 17.1 Å². The molecule has 2 unspecified atom stereocenters. The van der Waals surface area contributed by atoms with Crippen molar-refractivity contribution in [2.75, 3.05) is 19.6 Å². The number of nitrogens with zero attached hydrogens (tertiary/aromatic N) is 2. The molecule has 1 saturated heterocycles. The number of guanidine groups is 1.